The van der Waals surface area contributed by atoms with Crippen molar-refractivity contribution in [3.05, 3.63) is 0 Å². The molecule has 0 aliphatic rings. The summed E-state index contributed by atoms with van der Waals surface area (Å²) in [6.07, 6.45) is 26.8. The van der Waals surface area contributed by atoms with Gasteiger partial charge >= 0.3 is 11.9 Å². The molecule has 0 aromatic carbocycles. The lowest BCUT2D eigenvalue weighted by Crippen LogP contribution is -2.31. The molecule has 0 aliphatic carbocycles. The summed E-state index contributed by atoms with van der Waals surface area (Å²) >= 11 is 16.7. The maximum Gasteiger partial charge on any atom is 0.322 e. The van der Waals surface area contributed by atoms with E-state index in [1.165, 1.54) is 152 Å². The van der Waals surface area contributed by atoms with E-state index in [9.17, 15) is 9.59 Å². The van der Waals surface area contributed by atoms with Crippen LogP contribution in [-0.2, 0) is 23.8 Å². The number of thioether (sulfide) groups is 4. The Labute approximate surface area is 361 Å². The Morgan fingerprint density at radius 2 is 0.889 bits per heavy atom. The molecule has 0 aliphatic heterocycles. The lowest BCUT2D eigenvalue weighted by atomic mass is 10.1. The number of thiocarbonyl (C=S) groups is 2. The van der Waals surface area contributed by atoms with Crippen molar-refractivity contribution < 1.29 is 34.0 Å². The summed E-state index contributed by atoms with van der Waals surface area (Å²) in [6.45, 7) is 12.9. The minimum atomic E-state index is -0.818. The van der Waals surface area contributed by atoms with Gasteiger partial charge in [0.1, 0.15) is 23.2 Å². The van der Waals surface area contributed by atoms with Crippen LogP contribution in [0, 0.1) is 0 Å². The average Bonchev–Trinajstić information content (AvgIpc) is 3.10. The zero-order valence-corrected chi connectivity index (χ0v) is 39.7. The molecule has 0 saturated heterocycles. The molecular weight excluding hydrogens is 797 g/mol. The second-order valence-corrected chi connectivity index (χ2v) is 21.8. The molecule has 0 atom stereocenters. The van der Waals surface area contributed by atoms with Crippen LogP contribution >= 0.6 is 71.5 Å². The normalized spacial score (nSPS) is 11.1. The molecular formula is C41H82O7S6. The van der Waals surface area contributed by atoms with Crippen LogP contribution in [0.1, 0.15) is 177 Å². The molecule has 0 radical (unpaired) electrons. The summed E-state index contributed by atoms with van der Waals surface area (Å²) in [6, 6.07) is 0. The summed E-state index contributed by atoms with van der Waals surface area (Å²) in [5.74, 6) is 1.01. The minimum absolute atomic E-state index is 0. The van der Waals surface area contributed by atoms with E-state index < -0.39 is 15.5 Å². The Morgan fingerprint density at radius 3 is 1.19 bits per heavy atom. The Morgan fingerprint density at radius 1 is 0.556 bits per heavy atom. The fourth-order valence-corrected chi connectivity index (χ4v) is 10.6. The minimum Gasteiger partial charge on any atom is -0.480 e. The number of carboxylic acid groups (broad SMARTS) is 1. The lowest BCUT2D eigenvalue weighted by molar-refractivity contribution is -0.146. The predicted octanol–water partition coefficient (Wildman–Crippen LogP) is 13.4. The fourth-order valence-electron chi connectivity index (χ4n) is 4.53. The van der Waals surface area contributed by atoms with Crippen LogP contribution in [0.5, 0.6) is 0 Å². The monoisotopic (exact) mass is 878 g/mol. The van der Waals surface area contributed by atoms with Crippen molar-refractivity contribution in [3.63, 3.8) is 0 Å². The Hall–Kier alpha value is 0.400. The second-order valence-electron chi connectivity index (χ2n) is 13.9. The molecule has 0 bridgehead atoms. The van der Waals surface area contributed by atoms with E-state index in [1.54, 1.807) is 51.6 Å². The van der Waals surface area contributed by atoms with Crippen molar-refractivity contribution in [1.82, 2.24) is 0 Å². The first-order valence-electron chi connectivity index (χ1n) is 20.0. The van der Waals surface area contributed by atoms with Gasteiger partial charge in [-0.25, -0.2) is 0 Å². The number of carboxylic acids is 1. The van der Waals surface area contributed by atoms with Gasteiger partial charge in [0.05, 0.1) is 19.8 Å². The lowest BCUT2D eigenvalue weighted by Gasteiger charge is -2.21. The van der Waals surface area contributed by atoms with Gasteiger partial charge < -0.3 is 24.4 Å². The Bertz CT molecular complexity index is 873. The van der Waals surface area contributed by atoms with Crippen LogP contribution in [0.15, 0.2) is 0 Å². The van der Waals surface area contributed by atoms with Gasteiger partial charge in [-0.3, -0.25) is 9.59 Å². The molecule has 54 heavy (non-hydrogen) atoms. The maximum atomic E-state index is 12.1. The molecule has 13 heteroatoms. The quantitative estimate of drug-likeness (QED) is 0.0393. The highest BCUT2D eigenvalue weighted by Gasteiger charge is 2.32. The third kappa shape index (κ3) is 45.1. The fraction of sp³-hybridized carbons (Fsp3) is 0.902. The maximum absolute atomic E-state index is 12.1. The molecule has 0 fully saturated rings. The van der Waals surface area contributed by atoms with Crippen molar-refractivity contribution in [2.24, 2.45) is 0 Å². The number of aliphatic hydroxyl groups excluding tert-OH is 1. The van der Waals surface area contributed by atoms with E-state index in [1.807, 2.05) is 13.8 Å². The smallest absolute Gasteiger partial charge is 0.322 e. The van der Waals surface area contributed by atoms with Crippen LogP contribution in [0.4, 0.5) is 0 Å². The summed E-state index contributed by atoms with van der Waals surface area (Å²) in [5.41, 5.74) is 0. The SMILES string of the molecule is C.CCCCCCCCCCCCSC(=S)SC(C)(C)C(=O)O.CCCCCCCCCCCCSC(=S)SC(C)(C)C(=O)OCCOC.COCCO. The van der Waals surface area contributed by atoms with E-state index in [-0.39, 0.29) is 26.6 Å². The van der Waals surface area contributed by atoms with Crippen LogP contribution in [0.2, 0.25) is 0 Å². The Balaban J connectivity index is -0.000000408. The van der Waals surface area contributed by atoms with Crippen molar-refractivity contribution in [1.29, 1.82) is 0 Å². The van der Waals surface area contributed by atoms with Crippen LogP contribution in [0.3, 0.4) is 0 Å². The number of methoxy groups -OCH3 is 2. The number of aliphatic hydroxyl groups is 1. The van der Waals surface area contributed by atoms with Gasteiger partial charge in [-0.15, -0.1) is 23.5 Å². The predicted molar refractivity (Wildman–Crippen MR) is 253 cm³/mol. The molecule has 0 heterocycles. The number of hydrogen-bond acceptors (Lipinski definition) is 12. The van der Waals surface area contributed by atoms with E-state index in [2.05, 4.69) is 18.6 Å². The summed E-state index contributed by atoms with van der Waals surface area (Å²) < 4.78 is 14.7. The first-order chi connectivity index (χ1) is 25.2. The zero-order valence-electron chi connectivity index (χ0n) is 34.8. The molecule has 0 saturated carbocycles. The number of carbonyl (C=O) groups excluding carboxylic acids is 1. The summed E-state index contributed by atoms with van der Waals surface area (Å²) in [4.78, 5) is 23.1. The molecule has 0 aromatic rings. The van der Waals surface area contributed by atoms with Crippen molar-refractivity contribution in [3.8, 4) is 0 Å². The first kappa shape index (κ1) is 61.1. The van der Waals surface area contributed by atoms with Gasteiger partial charge in [-0.05, 0) is 52.0 Å². The second kappa shape index (κ2) is 44.5. The summed E-state index contributed by atoms with van der Waals surface area (Å²) in [7, 11) is 3.14. The van der Waals surface area contributed by atoms with Crippen molar-refractivity contribution >= 4 is 90.5 Å². The van der Waals surface area contributed by atoms with E-state index in [0.717, 1.165) is 18.6 Å². The molecule has 324 valence electrons. The topological polar surface area (TPSA) is 102 Å². The number of unbranched alkanes of at least 4 members (excludes halogenated alkanes) is 18. The highest BCUT2D eigenvalue weighted by Crippen LogP contribution is 2.33. The molecule has 0 spiro atoms. The number of esters is 1. The Kier molecular flexibility index (Phi) is 50.3. The molecule has 0 unspecified atom stereocenters. The largest absolute Gasteiger partial charge is 0.480 e. The van der Waals surface area contributed by atoms with Gasteiger partial charge in [0, 0.05) is 14.2 Å². The molecule has 7 nitrogen and oxygen atoms in total. The van der Waals surface area contributed by atoms with E-state index >= 15 is 0 Å². The number of ether oxygens (including phenoxy) is 3. The zero-order chi connectivity index (χ0) is 40.6. The molecule has 0 amide bonds. The summed E-state index contributed by atoms with van der Waals surface area (Å²) in [5, 5.41) is 17.0. The highest BCUT2D eigenvalue weighted by atomic mass is 32.2. The van der Waals surface area contributed by atoms with Gasteiger partial charge in [0.25, 0.3) is 0 Å². The van der Waals surface area contributed by atoms with Gasteiger partial charge in [-0.2, -0.15) is 0 Å². The van der Waals surface area contributed by atoms with Crippen molar-refractivity contribution in [2.45, 2.75) is 187 Å². The molecule has 0 rings (SSSR count). The van der Waals surface area contributed by atoms with Crippen LogP contribution in [0.25, 0.3) is 0 Å². The van der Waals surface area contributed by atoms with Crippen LogP contribution in [-0.4, -0.2) is 90.9 Å². The number of hydrogen-bond donors (Lipinski definition) is 2. The van der Waals surface area contributed by atoms with E-state index in [0.29, 0.717) is 13.2 Å². The third-order valence-corrected chi connectivity index (χ3v) is 13.5. The average molecular weight is 880 g/mol. The van der Waals surface area contributed by atoms with Gasteiger partial charge in [0.15, 0.2) is 0 Å². The number of rotatable bonds is 31. The third-order valence-electron chi connectivity index (χ3n) is 7.94. The van der Waals surface area contributed by atoms with Crippen molar-refractivity contribution in [2.75, 3.05) is 52.2 Å². The number of carbonyl (C=O) groups is 2. The molecule has 2 N–H and O–H groups in total. The highest BCUT2D eigenvalue weighted by molar-refractivity contribution is 8.48. The first-order valence-corrected chi connectivity index (χ1v) is 24.4. The van der Waals surface area contributed by atoms with Gasteiger partial charge in [0.2, 0.25) is 0 Å². The van der Waals surface area contributed by atoms with Crippen LogP contribution < -0.4 is 0 Å². The van der Waals surface area contributed by atoms with E-state index in [4.69, 9.17) is 44.1 Å². The number of aliphatic carboxylic acids is 1. The standard InChI is InChI=1S/C20H38O3S3.C17H32O2S3.C3H8O2.CH4/c1-5-6-7-8-9-10-11-12-13-14-17-25-19(24)26-20(2,3)18(21)23-16-15-22-4;1-4-5-6-7-8-9-10-11-12-13-14-21-16(20)22-17(2,3)15(18)19;1-5-3-2-4;/h5-17H2,1-4H3;4-14H2,1-3H3,(H,18,19);4H,2-3H2,1H3;1H4. The van der Waals surface area contributed by atoms with Gasteiger partial charge in [-0.1, -0.05) is 185 Å². The molecule has 0 aromatic heterocycles.